The average Bonchev–Trinajstić information content (AvgIpc) is 2.98. The van der Waals surface area contributed by atoms with Crippen molar-refractivity contribution in [1.82, 2.24) is 25.3 Å². The molecule has 0 atom stereocenters. The minimum atomic E-state index is 0. The first-order valence-corrected chi connectivity index (χ1v) is 11.5. The minimum Gasteiger partial charge on any atom is -0.379 e. The highest BCUT2D eigenvalue weighted by Crippen LogP contribution is 2.14. The van der Waals surface area contributed by atoms with Crippen LogP contribution in [0.15, 0.2) is 29.3 Å². The molecule has 2 aliphatic rings. The smallest absolute Gasteiger partial charge is 0.191 e. The Morgan fingerprint density at radius 1 is 0.968 bits per heavy atom. The molecule has 7 nitrogen and oxygen atoms in total. The van der Waals surface area contributed by atoms with Crippen LogP contribution in [0.1, 0.15) is 24.5 Å². The van der Waals surface area contributed by atoms with Crippen LogP contribution >= 0.6 is 24.0 Å². The zero-order valence-electron chi connectivity index (χ0n) is 19.3. The van der Waals surface area contributed by atoms with E-state index in [1.165, 1.54) is 30.6 Å². The predicted molar refractivity (Wildman–Crippen MR) is 139 cm³/mol. The molecule has 0 saturated carbocycles. The maximum Gasteiger partial charge on any atom is 0.191 e. The van der Waals surface area contributed by atoms with Gasteiger partial charge in [0.2, 0.25) is 0 Å². The molecule has 0 amide bonds. The molecule has 0 aliphatic carbocycles. The van der Waals surface area contributed by atoms with E-state index in [0.717, 1.165) is 71.5 Å². The standard InChI is InChI=1S/C23H40N6O.HI/c1-3-24-23(25-9-12-28-11-6-10-27(2)13-14-28)26-19-21-7-4-5-8-22(21)20-29-15-17-30-18-16-29;/h4-5,7-8H,3,6,9-20H2,1-2H3,(H2,24,25,26);1H. The van der Waals surface area contributed by atoms with Crippen molar-refractivity contribution in [3.8, 4) is 0 Å². The lowest BCUT2D eigenvalue weighted by atomic mass is 10.1. The number of nitrogens with one attached hydrogen (secondary N) is 2. The van der Waals surface area contributed by atoms with Crippen molar-refractivity contribution in [2.45, 2.75) is 26.4 Å². The maximum absolute atomic E-state index is 5.48. The van der Waals surface area contributed by atoms with Crippen LogP contribution in [-0.2, 0) is 17.8 Å². The van der Waals surface area contributed by atoms with Gasteiger partial charge in [0.15, 0.2) is 5.96 Å². The molecule has 0 bridgehead atoms. The molecule has 8 heteroatoms. The zero-order chi connectivity index (χ0) is 21.0. The van der Waals surface area contributed by atoms with Crippen LogP contribution in [0, 0.1) is 0 Å². The number of hydrogen-bond acceptors (Lipinski definition) is 5. The topological polar surface area (TPSA) is 55.4 Å². The third kappa shape index (κ3) is 9.61. The van der Waals surface area contributed by atoms with Crippen LogP contribution in [0.25, 0.3) is 0 Å². The van der Waals surface area contributed by atoms with Gasteiger partial charge in [-0.25, -0.2) is 4.99 Å². The Kier molecular flexibility index (Phi) is 12.7. The van der Waals surface area contributed by atoms with E-state index in [2.05, 4.69) is 63.6 Å². The Morgan fingerprint density at radius 2 is 1.74 bits per heavy atom. The summed E-state index contributed by atoms with van der Waals surface area (Å²) in [5, 5.41) is 6.92. The Hall–Kier alpha value is -0.940. The molecule has 31 heavy (non-hydrogen) atoms. The van der Waals surface area contributed by atoms with Gasteiger partial charge in [-0.15, -0.1) is 24.0 Å². The largest absolute Gasteiger partial charge is 0.379 e. The highest BCUT2D eigenvalue weighted by molar-refractivity contribution is 14.0. The van der Waals surface area contributed by atoms with Gasteiger partial charge in [0.05, 0.1) is 19.8 Å². The molecule has 3 rings (SSSR count). The van der Waals surface area contributed by atoms with E-state index in [1.807, 2.05) is 0 Å². The van der Waals surface area contributed by atoms with E-state index in [4.69, 9.17) is 9.73 Å². The zero-order valence-corrected chi connectivity index (χ0v) is 21.6. The van der Waals surface area contributed by atoms with Gasteiger partial charge in [0.25, 0.3) is 0 Å². The lowest BCUT2D eigenvalue weighted by Crippen LogP contribution is -2.42. The monoisotopic (exact) mass is 544 g/mol. The van der Waals surface area contributed by atoms with Crippen LogP contribution in [0.5, 0.6) is 0 Å². The molecule has 1 aromatic carbocycles. The summed E-state index contributed by atoms with van der Waals surface area (Å²) >= 11 is 0. The molecule has 2 heterocycles. The fraction of sp³-hybridized carbons (Fsp3) is 0.696. The molecule has 2 fully saturated rings. The first-order valence-electron chi connectivity index (χ1n) is 11.5. The van der Waals surface area contributed by atoms with Gasteiger partial charge in [-0.05, 0) is 44.6 Å². The second-order valence-electron chi connectivity index (χ2n) is 8.28. The fourth-order valence-corrected chi connectivity index (χ4v) is 4.03. The Balaban J connectivity index is 0.00000341. The number of ether oxygens (including phenoxy) is 1. The van der Waals surface area contributed by atoms with Crippen LogP contribution < -0.4 is 10.6 Å². The molecule has 2 N–H and O–H groups in total. The van der Waals surface area contributed by atoms with Crippen molar-refractivity contribution >= 4 is 29.9 Å². The predicted octanol–water partition coefficient (Wildman–Crippen LogP) is 1.83. The van der Waals surface area contributed by atoms with Crippen molar-refractivity contribution in [2.75, 3.05) is 79.2 Å². The van der Waals surface area contributed by atoms with Crippen LogP contribution in [0.4, 0.5) is 0 Å². The summed E-state index contributed by atoms with van der Waals surface area (Å²) in [5.74, 6) is 0.908. The van der Waals surface area contributed by atoms with Crippen LogP contribution in [0.3, 0.4) is 0 Å². The maximum atomic E-state index is 5.48. The number of aliphatic imine (C=N–C) groups is 1. The summed E-state index contributed by atoms with van der Waals surface area (Å²) in [4.78, 5) is 12.3. The Morgan fingerprint density at radius 3 is 2.52 bits per heavy atom. The van der Waals surface area contributed by atoms with Crippen molar-refractivity contribution in [3.63, 3.8) is 0 Å². The summed E-state index contributed by atoms with van der Waals surface area (Å²) < 4.78 is 5.48. The number of rotatable bonds is 8. The van der Waals surface area contributed by atoms with Gasteiger partial charge in [0, 0.05) is 52.4 Å². The minimum absolute atomic E-state index is 0. The highest BCUT2D eigenvalue weighted by Gasteiger charge is 2.13. The third-order valence-electron chi connectivity index (χ3n) is 5.90. The molecule has 1 aromatic rings. The fourth-order valence-electron chi connectivity index (χ4n) is 4.03. The quantitative estimate of drug-likeness (QED) is 0.296. The molecule has 0 aromatic heterocycles. The molecule has 176 valence electrons. The van der Waals surface area contributed by atoms with E-state index in [-0.39, 0.29) is 24.0 Å². The lowest BCUT2D eigenvalue weighted by molar-refractivity contribution is 0.0341. The van der Waals surface area contributed by atoms with Crippen LogP contribution in [-0.4, -0.2) is 99.8 Å². The van der Waals surface area contributed by atoms with Crippen molar-refractivity contribution < 1.29 is 4.74 Å². The summed E-state index contributed by atoms with van der Waals surface area (Å²) in [6, 6.07) is 8.68. The lowest BCUT2D eigenvalue weighted by Gasteiger charge is -2.27. The second kappa shape index (κ2) is 15.0. The van der Waals surface area contributed by atoms with Gasteiger partial charge < -0.3 is 25.2 Å². The number of hydrogen-bond donors (Lipinski definition) is 2. The SMILES string of the molecule is CCNC(=NCc1ccccc1CN1CCOCC1)NCCN1CCCN(C)CC1.I. The number of benzene rings is 1. The number of guanidine groups is 1. The molecule has 0 radical (unpaired) electrons. The third-order valence-corrected chi connectivity index (χ3v) is 5.90. The van der Waals surface area contributed by atoms with E-state index in [9.17, 15) is 0 Å². The van der Waals surface area contributed by atoms with Gasteiger partial charge in [-0.1, -0.05) is 24.3 Å². The van der Waals surface area contributed by atoms with Crippen molar-refractivity contribution in [1.29, 1.82) is 0 Å². The van der Waals surface area contributed by atoms with Gasteiger partial charge >= 0.3 is 0 Å². The van der Waals surface area contributed by atoms with Gasteiger partial charge in [-0.3, -0.25) is 4.90 Å². The number of halogens is 1. The van der Waals surface area contributed by atoms with Gasteiger partial charge in [0.1, 0.15) is 0 Å². The number of nitrogens with zero attached hydrogens (tertiary/aromatic N) is 4. The molecule has 0 spiro atoms. The molecule has 2 aliphatic heterocycles. The highest BCUT2D eigenvalue weighted by atomic mass is 127. The first-order chi connectivity index (χ1) is 14.7. The molecule has 0 unspecified atom stereocenters. The van der Waals surface area contributed by atoms with Crippen molar-refractivity contribution in [2.24, 2.45) is 4.99 Å². The van der Waals surface area contributed by atoms with Crippen molar-refractivity contribution in [3.05, 3.63) is 35.4 Å². The summed E-state index contributed by atoms with van der Waals surface area (Å²) in [6.45, 7) is 15.0. The summed E-state index contributed by atoms with van der Waals surface area (Å²) in [5.41, 5.74) is 2.67. The van der Waals surface area contributed by atoms with E-state index < -0.39 is 0 Å². The Bertz CT molecular complexity index is 653. The first kappa shape index (κ1) is 26.3. The normalized spacial score (nSPS) is 19.5. The van der Waals surface area contributed by atoms with E-state index >= 15 is 0 Å². The average molecular weight is 545 g/mol. The van der Waals surface area contributed by atoms with E-state index in [1.54, 1.807) is 0 Å². The van der Waals surface area contributed by atoms with Gasteiger partial charge in [-0.2, -0.15) is 0 Å². The molecule has 2 saturated heterocycles. The molecular formula is C23H41IN6O. The summed E-state index contributed by atoms with van der Waals surface area (Å²) in [7, 11) is 2.22. The Labute approximate surface area is 205 Å². The second-order valence-corrected chi connectivity index (χ2v) is 8.28. The van der Waals surface area contributed by atoms with Crippen LogP contribution in [0.2, 0.25) is 0 Å². The number of morpholine rings is 1. The molecular weight excluding hydrogens is 503 g/mol. The van der Waals surface area contributed by atoms with E-state index in [0.29, 0.717) is 6.54 Å². The number of likely N-dealkylation sites (N-methyl/N-ethyl adjacent to an activating group) is 1. The summed E-state index contributed by atoms with van der Waals surface area (Å²) in [6.07, 6.45) is 1.25.